The lowest BCUT2D eigenvalue weighted by Gasteiger charge is -2.38. The fourth-order valence-corrected chi connectivity index (χ4v) is 2.50. The summed E-state index contributed by atoms with van der Waals surface area (Å²) in [4.78, 5) is 13.9. The molecule has 104 valence electrons. The number of hydrogen-bond donors (Lipinski definition) is 1. The molecule has 0 unspecified atom stereocenters. The van der Waals surface area contributed by atoms with E-state index in [1.165, 1.54) is 12.8 Å². The molecule has 2 aliphatic rings. The third kappa shape index (κ3) is 3.87. The van der Waals surface area contributed by atoms with Crippen LogP contribution in [0.1, 0.15) is 53.4 Å². The second-order valence-corrected chi connectivity index (χ2v) is 6.68. The summed E-state index contributed by atoms with van der Waals surface area (Å²) in [5.74, 6) is 0. The second-order valence-electron chi connectivity index (χ2n) is 6.68. The maximum Gasteiger partial charge on any atom is 0.410 e. The van der Waals surface area contributed by atoms with Crippen molar-refractivity contribution < 1.29 is 9.53 Å². The largest absolute Gasteiger partial charge is 0.444 e. The number of carbonyl (C=O) groups is 1. The van der Waals surface area contributed by atoms with Gasteiger partial charge in [0, 0.05) is 24.7 Å². The van der Waals surface area contributed by atoms with Crippen LogP contribution in [0.2, 0.25) is 0 Å². The van der Waals surface area contributed by atoms with Crippen molar-refractivity contribution in [3.05, 3.63) is 0 Å². The number of likely N-dealkylation sites (tertiary alicyclic amines) is 1. The second kappa shape index (κ2) is 5.08. The number of nitrogens with one attached hydrogen (secondary N) is 1. The van der Waals surface area contributed by atoms with E-state index in [-0.39, 0.29) is 12.1 Å². The monoisotopic (exact) mass is 254 g/mol. The molecule has 2 atom stereocenters. The van der Waals surface area contributed by atoms with Gasteiger partial charge < -0.3 is 15.0 Å². The van der Waals surface area contributed by atoms with Crippen LogP contribution in [0.15, 0.2) is 0 Å². The zero-order valence-corrected chi connectivity index (χ0v) is 12.0. The molecule has 2 rings (SSSR count). The number of rotatable bonds is 2. The average molecular weight is 254 g/mol. The van der Waals surface area contributed by atoms with E-state index in [0.29, 0.717) is 6.04 Å². The van der Waals surface area contributed by atoms with E-state index in [0.717, 1.165) is 25.4 Å². The molecule has 18 heavy (non-hydrogen) atoms. The van der Waals surface area contributed by atoms with Crippen molar-refractivity contribution in [3.8, 4) is 0 Å². The molecule has 1 heterocycles. The van der Waals surface area contributed by atoms with Gasteiger partial charge in [-0.05, 0) is 53.4 Å². The predicted octanol–water partition coefficient (Wildman–Crippen LogP) is 2.53. The van der Waals surface area contributed by atoms with Crippen molar-refractivity contribution in [1.82, 2.24) is 10.2 Å². The van der Waals surface area contributed by atoms with Crippen LogP contribution in [0, 0.1) is 0 Å². The lowest BCUT2D eigenvalue weighted by molar-refractivity contribution is 0.00934. The van der Waals surface area contributed by atoms with Crippen molar-refractivity contribution in [2.24, 2.45) is 0 Å². The van der Waals surface area contributed by atoms with Crippen LogP contribution in [0.3, 0.4) is 0 Å². The van der Waals surface area contributed by atoms with Gasteiger partial charge in [0.05, 0.1) is 0 Å². The molecule has 0 radical (unpaired) electrons. The summed E-state index contributed by atoms with van der Waals surface area (Å²) in [6, 6.07) is 1.59. The maximum absolute atomic E-state index is 12.0. The molecule has 0 aromatic heterocycles. The van der Waals surface area contributed by atoms with Crippen molar-refractivity contribution in [1.29, 1.82) is 0 Å². The summed E-state index contributed by atoms with van der Waals surface area (Å²) in [6.07, 6.45) is 4.55. The molecule has 2 fully saturated rings. The van der Waals surface area contributed by atoms with Crippen LogP contribution in [-0.2, 0) is 4.74 Å². The van der Waals surface area contributed by atoms with Gasteiger partial charge in [-0.25, -0.2) is 4.79 Å². The fourth-order valence-electron chi connectivity index (χ4n) is 2.50. The lowest BCUT2D eigenvalue weighted by Crippen LogP contribution is -2.51. The highest BCUT2D eigenvalue weighted by Crippen LogP contribution is 2.25. The summed E-state index contributed by atoms with van der Waals surface area (Å²) in [5, 5.41) is 3.65. The molecular weight excluding hydrogens is 228 g/mol. The predicted molar refractivity (Wildman–Crippen MR) is 71.6 cm³/mol. The zero-order chi connectivity index (χ0) is 13.3. The van der Waals surface area contributed by atoms with Crippen molar-refractivity contribution in [3.63, 3.8) is 0 Å². The molecule has 1 saturated heterocycles. The summed E-state index contributed by atoms with van der Waals surface area (Å²) in [6.45, 7) is 8.66. The third-order valence-corrected chi connectivity index (χ3v) is 3.55. The molecule has 1 N–H and O–H groups in total. The lowest BCUT2D eigenvalue weighted by atomic mass is 9.98. The first-order valence-corrected chi connectivity index (χ1v) is 7.11. The first-order valence-electron chi connectivity index (χ1n) is 7.11. The highest BCUT2D eigenvalue weighted by molar-refractivity contribution is 5.68. The van der Waals surface area contributed by atoms with Crippen molar-refractivity contribution >= 4 is 6.09 Å². The van der Waals surface area contributed by atoms with Gasteiger partial charge in [-0.1, -0.05) is 0 Å². The minimum atomic E-state index is -0.403. The maximum atomic E-state index is 12.0. The number of piperidine rings is 1. The number of hydrogen-bond acceptors (Lipinski definition) is 3. The highest BCUT2D eigenvalue weighted by atomic mass is 16.6. The minimum absolute atomic E-state index is 0.167. The van der Waals surface area contributed by atoms with Gasteiger partial charge in [0.15, 0.2) is 0 Å². The first-order chi connectivity index (χ1) is 8.35. The Morgan fingerprint density at radius 2 is 1.89 bits per heavy atom. The Hall–Kier alpha value is -0.770. The number of ether oxygens (including phenoxy) is 1. The van der Waals surface area contributed by atoms with Crippen molar-refractivity contribution in [2.45, 2.75) is 77.1 Å². The van der Waals surface area contributed by atoms with Gasteiger partial charge in [0.2, 0.25) is 0 Å². The van der Waals surface area contributed by atoms with Crippen molar-refractivity contribution in [2.75, 3.05) is 6.54 Å². The number of nitrogens with zero attached hydrogens (tertiary/aromatic N) is 1. The normalized spacial score (nSPS) is 29.2. The molecular formula is C14H26N2O2. The molecule has 1 amide bonds. The van der Waals surface area contributed by atoms with Crippen LogP contribution in [0.4, 0.5) is 4.79 Å². The SMILES string of the molecule is C[C@@H]1C[C@@H](NC2CC2)CCN1C(=O)OC(C)(C)C. The topological polar surface area (TPSA) is 41.6 Å². The minimum Gasteiger partial charge on any atom is -0.444 e. The van der Waals surface area contributed by atoms with E-state index in [9.17, 15) is 4.79 Å². The quantitative estimate of drug-likeness (QED) is 0.823. The summed E-state index contributed by atoms with van der Waals surface area (Å²) < 4.78 is 5.44. The molecule has 4 heteroatoms. The molecule has 0 spiro atoms. The van der Waals surface area contributed by atoms with Crippen LogP contribution in [0.25, 0.3) is 0 Å². The van der Waals surface area contributed by atoms with Gasteiger partial charge in [0.1, 0.15) is 5.60 Å². The van der Waals surface area contributed by atoms with Gasteiger partial charge >= 0.3 is 6.09 Å². The van der Waals surface area contributed by atoms with E-state index < -0.39 is 5.60 Å². The third-order valence-electron chi connectivity index (χ3n) is 3.55. The molecule has 0 bridgehead atoms. The highest BCUT2D eigenvalue weighted by Gasteiger charge is 2.33. The van der Waals surface area contributed by atoms with Crippen LogP contribution in [-0.4, -0.2) is 41.3 Å². The number of carbonyl (C=O) groups excluding carboxylic acids is 1. The van der Waals surface area contributed by atoms with Crippen LogP contribution >= 0.6 is 0 Å². The molecule has 4 nitrogen and oxygen atoms in total. The average Bonchev–Trinajstić information content (AvgIpc) is 2.98. The Balaban J connectivity index is 1.82. The van der Waals surface area contributed by atoms with Gasteiger partial charge in [0.25, 0.3) is 0 Å². The van der Waals surface area contributed by atoms with Gasteiger partial charge in [-0.3, -0.25) is 0 Å². The van der Waals surface area contributed by atoms with Gasteiger partial charge in [-0.15, -0.1) is 0 Å². The first kappa shape index (κ1) is 13.7. The van der Waals surface area contributed by atoms with Crippen LogP contribution in [0.5, 0.6) is 0 Å². The molecule has 1 aliphatic carbocycles. The Morgan fingerprint density at radius 1 is 1.22 bits per heavy atom. The molecule has 1 aliphatic heterocycles. The summed E-state index contributed by atoms with van der Waals surface area (Å²) >= 11 is 0. The standard InChI is InChI=1S/C14H26N2O2/c1-10-9-12(15-11-5-6-11)7-8-16(10)13(17)18-14(2,3)4/h10-12,15H,5-9H2,1-4H3/t10-,12+/m1/s1. The van der Waals surface area contributed by atoms with Crippen LogP contribution < -0.4 is 5.32 Å². The van der Waals surface area contributed by atoms with E-state index in [2.05, 4.69) is 12.2 Å². The summed E-state index contributed by atoms with van der Waals surface area (Å²) in [5.41, 5.74) is -0.403. The van der Waals surface area contributed by atoms with Gasteiger partial charge in [-0.2, -0.15) is 0 Å². The zero-order valence-electron chi connectivity index (χ0n) is 12.0. The van der Waals surface area contributed by atoms with E-state index >= 15 is 0 Å². The Labute approximate surface area is 110 Å². The molecule has 0 aromatic carbocycles. The van der Waals surface area contributed by atoms with E-state index in [1.807, 2.05) is 25.7 Å². The van der Waals surface area contributed by atoms with E-state index in [1.54, 1.807) is 0 Å². The Morgan fingerprint density at radius 3 is 2.39 bits per heavy atom. The Kier molecular flexibility index (Phi) is 3.85. The fraction of sp³-hybridized carbons (Fsp3) is 0.929. The van der Waals surface area contributed by atoms with E-state index in [4.69, 9.17) is 4.74 Å². The molecule has 1 saturated carbocycles. The summed E-state index contributed by atoms with van der Waals surface area (Å²) in [7, 11) is 0. The molecule has 0 aromatic rings. The number of amides is 1. The Bertz CT molecular complexity index is 307. The smallest absolute Gasteiger partial charge is 0.410 e.